The lowest BCUT2D eigenvalue weighted by atomic mass is 10.0. The minimum Gasteiger partial charge on any atom is -0.481 e. The van der Waals surface area contributed by atoms with Crippen LogP contribution in [0, 0.1) is 0 Å². The van der Waals surface area contributed by atoms with Gasteiger partial charge in [0.1, 0.15) is 0 Å². The summed E-state index contributed by atoms with van der Waals surface area (Å²) in [5.41, 5.74) is 0.630. The largest absolute Gasteiger partial charge is 0.481 e. The summed E-state index contributed by atoms with van der Waals surface area (Å²) >= 11 is 0. The average molecular weight is 278 g/mol. The number of aliphatic carboxylic acids is 1. The number of nitrogens with one attached hydrogen (secondary N) is 2. The highest BCUT2D eigenvalue weighted by Gasteiger charge is 2.19. The third kappa shape index (κ3) is 6.33. The van der Waals surface area contributed by atoms with E-state index in [9.17, 15) is 9.59 Å². The molecule has 0 saturated carbocycles. The van der Waals surface area contributed by atoms with Gasteiger partial charge in [-0.2, -0.15) is 0 Å². The number of carboxylic acid groups (broad SMARTS) is 1. The zero-order valence-corrected chi connectivity index (χ0v) is 12.1. The second kappa shape index (κ2) is 7.05. The summed E-state index contributed by atoms with van der Waals surface area (Å²) < 4.78 is 0. The maximum atomic E-state index is 11.9. The van der Waals surface area contributed by atoms with Gasteiger partial charge >= 0.3 is 5.97 Å². The quantitative estimate of drug-likeness (QED) is 0.740. The van der Waals surface area contributed by atoms with E-state index in [0.29, 0.717) is 0 Å². The third-order valence-corrected chi connectivity index (χ3v) is 2.70. The van der Waals surface area contributed by atoms with E-state index in [1.54, 1.807) is 0 Å². The van der Waals surface area contributed by atoms with Crippen LogP contribution in [0.4, 0.5) is 0 Å². The van der Waals surface area contributed by atoms with Crippen molar-refractivity contribution in [3.8, 4) is 0 Å². The van der Waals surface area contributed by atoms with Crippen LogP contribution in [0.15, 0.2) is 30.3 Å². The van der Waals surface area contributed by atoms with E-state index in [1.165, 1.54) is 0 Å². The van der Waals surface area contributed by atoms with E-state index in [4.69, 9.17) is 5.11 Å². The Bertz CT molecular complexity index is 452. The summed E-state index contributed by atoms with van der Waals surface area (Å²) in [6.07, 6.45) is -0.134. The molecule has 1 rings (SSSR count). The predicted molar refractivity (Wildman–Crippen MR) is 77.3 cm³/mol. The predicted octanol–water partition coefficient (Wildman–Crippen LogP) is 1.71. The van der Waals surface area contributed by atoms with Crippen LogP contribution in [0.5, 0.6) is 0 Å². The Morgan fingerprint density at radius 1 is 1.20 bits per heavy atom. The lowest BCUT2D eigenvalue weighted by Crippen LogP contribution is -2.44. The van der Waals surface area contributed by atoms with Crippen molar-refractivity contribution >= 4 is 11.9 Å². The molecule has 0 aromatic heterocycles. The standard InChI is InChI=1S/C15H22N2O3/c1-15(2,3)16-10-13(18)17-12(9-14(19)20)11-7-5-4-6-8-11/h4-8,12,16H,9-10H2,1-3H3,(H,17,18)(H,19,20). The Kier molecular flexibility index (Phi) is 5.70. The zero-order valence-electron chi connectivity index (χ0n) is 12.1. The second-order valence-electron chi connectivity index (χ2n) is 5.73. The Labute approximate surface area is 119 Å². The molecular formula is C15H22N2O3. The number of amides is 1. The minimum atomic E-state index is -0.942. The average Bonchev–Trinajstić information content (AvgIpc) is 2.35. The van der Waals surface area contributed by atoms with Crippen molar-refractivity contribution in [1.29, 1.82) is 0 Å². The molecule has 3 N–H and O–H groups in total. The molecule has 1 aromatic carbocycles. The summed E-state index contributed by atoms with van der Waals surface area (Å²) in [6, 6.07) is 8.61. The third-order valence-electron chi connectivity index (χ3n) is 2.70. The molecule has 1 amide bonds. The van der Waals surface area contributed by atoms with E-state index in [1.807, 2.05) is 51.1 Å². The molecule has 0 fully saturated rings. The van der Waals surface area contributed by atoms with Gasteiger partial charge in [0.15, 0.2) is 0 Å². The van der Waals surface area contributed by atoms with Gasteiger partial charge in [-0.15, -0.1) is 0 Å². The molecule has 5 nitrogen and oxygen atoms in total. The van der Waals surface area contributed by atoms with Crippen molar-refractivity contribution in [3.05, 3.63) is 35.9 Å². The van der Waals surface area contributed by atoms with Crippen molar-refractivity contribution in [1.82, 2.24) is 10.6 Å². The lowest BCUT2D eigenvalue weighted by molar-refractivity contribution is -0.137. The van der Waals surface area contributed by atoms with Gasteiger partial charge < -0.3 is 15.7 Å². The summed E-state index contributed by atoms with van der Waals surface area (Å²) in [6.45, 7) is 6.05. The molecule has 1 aromatic rings. The molecule has 5 heteroatoms. The van der Waals surface area contributed by atoms with Crippen LogP contribution < -0.4 is 10.6 Å². The van der Waals surface area contributed by atoms with Gasteiger partial charge in [0.05, 0.1) is 19.0 Å². The SMILES string of the molecule is CC(C)(C)NCC(=O)NC(CC(=O)O)c1ccccc1. The molecule has 20 heavy (non-hydrogen) atoms. The number of carbonyl (C=O) groups is 2. The van der Waals surface area contributed by atoms with Gasteiger partial charge in [-0.3, -0.25) is 9.59 Å². The summed E-state index contributed by atoms with van der Waals surface area (Å²) in [5.74, 6) is -1.15. The molecule has 0 bridgehead atoms. The molecule has 0 heterocycles. The molecule has 0 saturated heterocycles. The molecular weight excluding hydrogens is 256 g/mol. The first-order chi connectivity index (χ1) is 9.28. The molecule has 0 aliphatic rings. The number of hydrogen-bond acceptors (Lipinski definition) is 3. The van der Waals surface area contributed by atoms with Gasteiger partial charge in [0.25, 0.3) is 0 Å². The van der Waals surface area contributed by atoms with E-state index in [2.05, 4.69) is 10.6 Å². The lowest BCUT2D eigenvalue weighted by Gasteiger charge is -2.22. The maximum absolute atomic E-state index is 11.9. The van der Waals surface area contributed by atoms with E-state index < -0.39 is 12.0 Å². The molecule has 0 spiro atoms. The van der Waals surface area contributed by atoms with Gasteiger partial charge in [-0.05, 0) is 26.3 Å². The van der Waals surface area contributed by atoms with Crippen LogP contribution >= 0.6 is 0 Å². The van der Waals surface area contributed by atoms with Crippen molar-refractivity contribution in [3.63, 3.8) is 0 Å². The maximum Gasteiger partial charge on any atom is 0.305 e. The van der Waals surface area contributed by atoms with Crippen molar-refractivity contribution < 1.29 is 14.7 Å². The Morgan fingerprint density at radius 3 is 2.30 bits per heavy atom. The fraction of sp³-hybridized carbons (Fsp3) is 0.467. The molecule has 1 unspecified atom stereocenters. The summed E-state index contributed by atoms with van der Waals surface area (Å²) in [4.78, 5) is 22.8. The van der Waals surface area contributed by atoms with E-state index in [0.717, 1.165) is 5.56 Å². The Hall–Kier alpha value is -1.88. The van der Waals surface area contributed by atoms with E-state index >= 15 is 0 Å². The summed E-state index contributed by atoms with van der Waals surface area (Å²) in [7, 11) is 0. The minimum absolute atomic E-state index is 0.134. The van der Waals surface area contributed by atoms with Crippen LogP contribution in [0.1, 0.15) is 38.8 Å². The monoisotopic (exact) mass is 278 g/mol. The van der Waals surface area contributed by atoms with Crippen LogP contribution in [0.25, 0.3) is 0 Å². The molecule has 0 radical (unpaired) electrons. The fourth-order valence-electron chi connectivity index (χ4n) is 1.70. The smallest absolute Gasteiger partial charge is 0.305 e. The number of rotatable bonds is 6. The topological polar surface area (TPSA) is 78.4 Å². The highest BCUT2D eigenvalue weighted by atomic mass is 16.4. The molecule has 1 atom stereocenters. The number of hydrogen-bond donors (Lipinski definition) is 3. The molecule has 0 aliphatic carbocycles. The van der Waals surface area contributed by atoms with Gasteiger partial charge in [-0.1, -0.05) is 30.3 Å². The van der Waals surface area contributed by atoms with Crippen LogP contribution in [-0.2, 0) is 9.59 Å². The first-order valence-electron chi connectivity index (χ1n) is 6.59. The van der Waals surface area contributed by atoms with E-state index in [-0.39, 0.29) is 24.4 Å². The van der Waals surface area contributed by atoms with Crippen molar-refractivity contribution in [2.24, 2.45) is 0 Å². The Balaban J connectivity index is 2.66. The van der Waals surface area contributed by atoms with Gasteiger partial charge in [-0.25, -0.2) is 0 Å². The number of benzene rings is 1. The second-order valence-corrected chi connectivity index (χ2v) is 5.73. The molecule has 0 aliphatic heterocycles. The van der Waals surface area contributed by atoms with Crippen molar-refractivity contribution in [2.45, 2.75) is 38.8 Å². The van der Waals surface area contributed by atoms with Crippen LogP contribution in [0.2, 0.25) is 0 Å². The summed E-state index contributed by atoms with van der Waals surface area (Å²) in [5, 5.41) is 14.8. The number of carboxylic acids is 1. The number of carbonyl (C=O) groups excluding carboxylic acids is 1. The normalized spacial score (nSPS) is 12.8. The first-order valence-corrected chi connectivity index (χ1v) is 6.59. The highest BCUT2D eigenvalue weighted by molar-refractivity contribution is 5.79. The van der Waals surface area contributed by atoms with Gasteiger partial charge in [0.2, 0.25) is 5.91 Å². The molecule has 110 valence electrons. The van der Waals surface area contributed by atoms with Crippen LogP contribution in [-0.4, -0.2) is 29.1 Å². The fourth-order valence-corrected chi connectivity index (χ4v) is 1.70. The zero-order chi connectivity index (χ0) is 15.2. The van der Waals surface area contributed by atoms with Gasteiger partial charge in [0, 0.05) is 5.54 Å². The first kappa shape index (κ1) is 16.2. The Morgan fingerprint density at radius 2 is 1.80 bits per heavy atom. The van der Waals surface area contributed by atoms with Crippen LogP contribution in [0.3, 0.4) is 0 Å². The highest BCUT2D eigenvalue weighted by Crippen LogP contribution is 2.16. The van der Waals surface area contributed by atoms with Crippen molar-refractivity contribution in [2.75, 3.05) is 6.54 Å².